The minimum absolute atomic E-state index is 0.180. The fraction of sp³-hybridized carbons (Fsp3) is 0.533. The molecule has 1 saturated heterocycles. The van der Waals surface area contributed by atoms with E-state index in [1.54, 1.807) is 11.0 Å². The largest absolute Gasteiger partial charge is 0.366 e. The van der Waals surface area contributed by atoms with E-state index >= 15 is 0 Å². The van der Waals surface area contributed by atoms with Crippen LogP contribution >= 0.6 is 15.9 Å². The second kappa shape index (κ2) is 5.11. The van der Waals surface area contributed by atoms with Crippen LogP contribution in [0.3, 0.4) is 0 Å². The lowest BCUT2D eigenvalue weighted by molar-refractivity contribution is -0.171. The molecule has 1 aromatic carbocycles. The molecule has 0 aliphatic carbocycles. The summed E-state index contributed by atoms with van der Waals surface area (Å²) >= 11 is 3.31. The summed E-state index contributed by atoms with van der Waals surface area (Å²) in [6.07, 6.45) is 0. The number of hydrogen-bond donors (Lipinski definition) is 0. The first-order chi connectivity index (χ1) is 9.10. The summed E-state index contributed by atoms with van der Waals surface area (Å²) in [5.41, 5.74) is -0.493. The average Bonchev–Trinajstić information content (AvgIpc) is 2.27. The van der Waals surface area contributed by atoms with E-state index in [0.717, 1.165) is 0 Å². The maximum Gasteiger partial charge on any atom is 0.255 e. The Kier molecular flexibility index (Phi) is 3.95. The van der Waals surface area contributed by atoms with Gasteiger partial charge in [-0.2, -0.15) is 0 Å². The fourth-order valence-electron chi connectivity index (χ4n) is 2.76. The van der Waals surface area contributed by atoms with Gasteiger partial charge < -0.3 is 9.64 Å². The third-order valence-corrected chi connectivity index (χ3v) is 3.83. The van der Waals surface area contributed by atoms with Crippen LogP contribution in [0.1, 0.15) is 38.1 Å². The van der Waals surface area contributed by atoms with Crippen molar-refractivity contribution in [2.75, 3.05) is 13.1 Å². The van der Waals surface area contributed by atoms with Crippen LogP contribution in [-0.4, -0.2) is 35.1 Å². The molecule has 1 fully saturated rings. The summed E-state index contributed by atoms with van der Waals surface area (Å²) in [6.45, 7) is 8.78. The summed E-state index contributed by atoms with van der Waals surface area (Å²) < 4.78 is 19.9. The topological polar surface area (TPSA) is 29.5 Å². The van der Waals surface area contributed by atoms with E-state index in [2.05, 4.69) is 15.9 Å². The number of morpholine rings is 1. The van der Waals surface area contributed by atoms with E-state index in [4.69, 9.17) is 4.74 Å². The number of benzene rings is 1. The highest BCUT2D eigenvalue weighted by Crippen LogP contribution is 2.30. The maximum absolute atomic E-state index is 13.4. The molecule has 0 N–H and O–H groups in total. The van der Waals surface area contributed by atoms with Gasteiger partial charge in [-0.1, -0.05) is 0 Å². The van der Waals surface area contributed by atoms with Crippen LogP contribution in [-0.2, 0) is 4.74 Å². The molecule has 0 saturated carbocycles. The predicted molar refractivity (Wildman–Crippen MR) is 79.2 cm³/mol. The summed E-state index contributed by atoms with van der Waals surface area (Å²) in [6, 6.07) is 4.15. The third kappa shape index (κ3) is 3.38. The summed E-state index contributed by atoms with van der Waals surface area (Å²) in [5.74, 6) is -0.593. The van der Waals surface area contributed by atoms with Crippen molar-refractivity contribution in [1.29, 1.82) is 0 Å². The number of carbonyl (C=O) groups excluding carboxylic acids is 1. The second-order valence-corrected chi connectivity index (χ2v) is 7.26. The smallest absolute Gasteiger partial charge is 0.255 e. The van der Waals surface area contributed by atoms with Crippen LogP contribution in [0.4, 0.5) is 4.39 Å². The van der Waals surface area contributed by atoms with Gasteiger partial charge in [-0.25, -0.2) is 4.39 Å². The Morgan fingerprint density at radius 3 is 2.35 bits per heavy atom. The maximum atomic E-state index is 13.4. The monoisotopic (exact) mass is 343 g/mol. The first-order valence-electron chi connectivity index (χ1n) is 6.54. The molecule has 0 unspecified atom stereocenters. The van der Waals surface area contributed by atoms with Gasteiger partial charge >= 0.3 is 0 Å². The molecule has 110 valence electrons. The number of ether oxygens (including phenoxy) is 1. The lowest BCUT2D eigenvalue weighted by Crippen LogP contribution is -2.58. The normalized spacial score (nSPS) is 20.8. The van der Waals surface area contributed by atoms with Gasteiger partial charge in [-0.05, 0) is 61.8 Å². The standard InChI is InChI=1S/C15H19BrFNO2/c1-14(2)8-18(9-15(3,4)20-14)13(19)11-7-10(17)5-6-12(11)16/h5-7H,8-9H2,1-4H3. The number of halogens is 2. The van der Waals surface area contributed by atoms with Crippen molar-refractivity contribution < 1.29 is 13.9 Å². The van der Waals surface area contributed by atoms with Gasteiger partial charge in [0.15, 0.2) is 0 Å². The molecule has 1 aromatic rings. The highest BCUT2D eigenvalue weighted by atomic mass is 79.9. The number of rotatable bonds is 1. The summed E-state index contributed by atoms with van der Waals surface area (Å²) in [7, 11) is 0. The molecule has 20 heavy (non-hydrogen) atoms. The van der Waals surface area contributed by atoms with Crippen molar-refractivity contribution in [2.45, 2.75) is 38.9 Å². The number of amides is 1. The van der Waals surface area contributed by atoms with Crippen molar-refractivity contribution in [3.05, 3.63) is 34.1 Å². The molecule has 2 rings (SSSR count). The molecule has 5 heteroatoms. The molecule has 0 atom stereocenters. The molecule has 1 amide bonds. The van der Waals surface area contributed by atoms with E-state index in [-0.39, 0.29) is 5.91 Å². The predicted octanol–water partition coefficient (Wildman–Crippen LogP) is 3.62. The van der Waals surface area contributed by atoms with Gasteiger partial charge in [0.05, 0.1) is 16.8 Å². The van der Waals surface area contributed by atoms with Crippen LogP contribution in [0, 0.1) is 5.82 Å². The Balaban J connectivity index is 2.31. The van der Waals surface area contributed by atoms with Crippen LogP contribution in [0.5, 0.6) is 0 Å². The molecular weight excluding hydrogens is 325 g/mol. The minimum Gasteiger partial charge on any atom is -0.366 e. The van der Waals surface area contributed by atoms with E-state index in [9.17, 15) is 9.18 Å². The molecule has 0 aromatic heterocycles. The van der Waals surface area contributed by atoms with E-state index in [0.29, 0.717) is 23.1 Å². The quantitative estimate of drug-likeness (QED) is 0.779. The zero-order valence-corrected chi connectivity index (χ0v) is 13.8. The van der Waals surface area contributed by atoms with E-state index in [1.807, 2.05) is 27.7 Å². The zero-order chi connectivity index (χ0) is 15.1. The van der Waals surface area contributed by atoms with Crippen molar-refractivity contribution in [3.8, 4) is 0 Å². The Morgan fingerprint density at radius 2 is 1.80 bits per heavy atom. The SMILES string of the molecule is CC1(C)CN(C(=O)c2cc(F)ccc2Br)CC(C)(C)O1. The highest BCUT2D eigenvalue weighted by Gasteiger charge is 2.40. The Hall–Kier alpha value is -0.940. The summed E-state index contributed by atoms with van der Waals surface area (Å²) in [5, 5.41) is 0. The molecule has 1 aliphatic heterocycles. The van der Waals surface area contributed by atoms with E-state index < -0.39 is 17.0 Å². The number of carbonyl (C=O) groups is 1. The van der Waals surface area contributed by atoms with Gasteiger partial charge in [0, 0.05) is 17.6 Å². The van der Waals surface area contributed by atoms with Crippen LogP contribution in [0.2, 0.25) is 0 Å². The fourth-order valence-corrected chi connectivity index (χ4v) is 3.18. The van der Waals surface area contributed by atoms with E-state index in [1.165, 1.54) is 12.1 Å². The van der Waals surface area contributed by atoms with Crippen molar-refractivity contribution in [3.63, 3.8) is 0 Å². The summed E-state index contributed by atoms with van der Waals surface area (Å²) in [4.78, 5) is 14.3. The average molecular weight is 344 g/mol. The van der Waals surface area contributed by atoms with Crippen molar-refractivity contribution in [2.24, 2.45) is 0 Å². The van der Waals surface area contributed by atoms with Crippen molar-refractivity contribution in [1.82, 2.24) is 4.90 Å². The molecule has 0 radical (unpaired) electrons. The van der Waals surface area contributed by atoms with Gasteiger partial charge in [0.2, 0.25) is 0 Å². The lowest BCUT2D eigenvalue weighted by Gasteiger charge is -2.47. The molecule has 0 spiro atoms. The molecule has 0 bridgehead atoms. The molecule has 1 aliphatic rings. The first-order valence-corrected chi connectivity index (χ1v) is 7.33. The Labute approximate surface area is 127 Å². The van der Waals surface area contributed by atoms with Crippen molar-refractivity contribution >= 4 is 21.8 Å². The van der Waals surface area contributed by atoms with Gasteiger partial charge in [-0.15, -0.1) is 0 Å². The second-order valence-electron chi connectivity index (χ2n) is 6.41. The van der Waals surface area contributed by atoms with Gasteiger partial charge in [0.25, 0.3) is 5.91 Å². The highest BCUT2D eigenvalue weighted by molar-refractivity contribution is 9.10. The van der Waals surface area contributed by atoms with Gasteiger partial charge in [-0.3, -0.25) is 4.79 Å². The third-order valence-electron chi connectivity index (χ3n) is 3.14. The Bertz CT molecular complexity index is 527. The molecule has 3 nitrogen and oxygen atoms in total. The van der Waals surface area contributed by atoms with Crippen LogP contribution in [0.25, 0.3) is 0 Å². The zero-order valence-electron chi connectivity index (χ0n) is 12.2. The minimum atomic E-state index is -0.419. The van der Waals surface area contributed by atoms with Crippen LogP contribution in [0.15, 0.2) is 22.7 Å². The lowest BCUT2D eigenvalue weighted by atomic mass is 9.98. The molecular formula is C15H19BrFNO2. The van der Waals surface area contributed by atoms with Crippen LogP contribution < -0.4 is 0 Å². The van der Waals surface area contributed by atoms with Gasteiger partial charge in [0.1, 0.15) is 5.82 Å². The number of nitrogens with zero attached hydrogens (tertiary/aromatic N) is 1. The first kappa shape index (κ1) is 15.4. The number of hydrogen-bond acceptors (Lipinski definition) is 2. The molecule has 1 heterocycles. The Morgan fingerprint density at radius 1 is 1.25 bits per heavy atom.